The molecule has 0 aliphatic rings. The van der Waals surface area contributed by atoms with Crippen molar-refractivity contribution in [2.45, 2.75) is 6.92 Å². The number of rotatable bonds is 3. The molecule has 0 bridgehead atoms. The van der Waals surface area contributed by atoms with E-state index in [1.54, 1.807) is 36.4 Å². The molecule has 2 N–H and O–H groups in total. The molecule has 0 saturated carbocycles. The van der Waals surface area contributed by atoms with Crippen LogP contribution >= 0.6 is 0 Å². The summed E-state index contributed by atoms with van der Waals surface area (Å²) in [6.45, 7) is 1.82. The lowest BCUT2D eigenvalue weighted by Gasteiger charge is -2.11. The fraction of sp³-hybridized carbons (Fsp3) is 0.133. The minimum absolute atomic E-state index is 0.174. The van der Waals surface area contributed by atoms with Crippen LogP contribution in [0.3, 0.4) is 0 Å². The molecule has 2 aromatic carbocycles. The van der Waals surface area contributed by atoms with Gasteiger partial charge in [0.2, 0.25) is 0 Å². The predicted octanol–water partition coefficient (Wildman–Crippen LogP) is 2.96. The highest BCUT2D eigenvalue weighted by molar-refractivity contribution is 6.06. The first kappa shape index (κ1) is 13.0. The molecule has 2 rings (SSSR count). The van der Waals surface area contributed by atoms with Crippen molar-refractivity contribution in [2.24, 2.45) is 0 Å². The third-order valence-electron chi connectivity index (χ3n) is 2.81. The van der Waals surface area contributed by atoms with Gasteiger partial charge in [-0.05, 0) is 42.8 Å². The normalized spacial score (nSPS) is 10.0. The van der Waals surface area contributed by atoms with Crippen LogP contribution < -0.4 is 10.1 Å². The number of hydrogen-bond acceptors (Lipinski definition) is 3. The molecule has 4 nitrogen and oxygen atoms in total. The minimum Gasteiger partial charge on any atom is -0.508 e. The maximum Gasteiger partial charge on any atom is 0.259 e. The largest absolute Gasteiger partial charge is 0.508 e. The summed E-state index contributed by atoms with van der Waals surface area (Å²) in [5.41, 5.74) is 1.93. The van der Waals surface area contributed by atoms with Crippen molar-refractivity contribution >= 4 is 11.6 Å². The number of aryl methyl sites for hydroxylation is 1. The molecular formula is C15H15NO3. The average Bonchev–Trinajstić information content (AvgIpc) is 2.41. The SMILES string of the molecule is COc1ccccc1C(=O)Nc1ccc(O)cc1C. The molecule has 0 aromatic heterocycles. The van der Waals surface area contributed by atoms with Crippen LogP contribution in [0.2, 0.25) is 0 Å². The van der Waals surface area contributed by atoms with Gasteiger partial charge in [0.25, 0.3) is 5.91 Å². The Morgan fingerprint density at radius 2 is 1.95 bits per heavy atom. The summed E-state index contributed by atoms with van der Waals surface area (Å²) in [6.07, 6.45) is 0. The van der Waals surface area contributed by atoms with E-state index in [0.717, 1.165) is 5.56 Å². The highest BCUT2D eigenvalue weighted by Gasteiger charge is 2.12. The molecule has 0 aliphatic heterocycles. The second-order valence-corrected chi connectivity index (χ2v) is 4.15. The summed E-state index contributed by atoms with van der Waals surface area (Å²) in [5.74, 6) is 0.454. The second kappa shape index (κ2) is 5.44. The van der Waals surface area contributed by atoms with Gasteiger partial charge >= 0.3 is 0 Å². The number of ether oxygens (including phenoxy) is 1. The molecular weight excluding hydrogens is 242 g/mol. The van der Waals surface area contributed by atoms with Crippen LogP contribution in [-0.4, -0.2) is 18.1 Å². The monoisotopic (exact) mass is 257 g/mol. The molecule has 0 atom stereocenters. The fourth-order valence-electron chi connectivity index (χ4n) is 1.81. The number of nitrogens with one attached hydrogen (secondary N) is 1. The molecule has 2 aromatic rings. The summed E-state index contributed by atoms with van der Waals surface area (Å²) < 4.78 is 5.15. The van der Waals surface area contributed by atoms with Gasteiger partial charge in [-0.2, -0.15) is 0 Å². The highest BCUT2D eigenvalue weighted by atomic mass is 16.5. The number of para-hydroxylation sites is 1. The second-order valence-electron chi connectivity index (χ2n) is 4.15. The van der Waals surface area contributed by atoms with E-state index >= 15 is 0 Å². The van der Waals surface area contributed by atoms with Crippen molar-refractivity contribution in [3.8, 4) is 11.5 Å². The van der Waals surface area contributed by atoms with Gasteiger partial charge in [0, 0.05) is 5.69 Å². The first-order valence-corrected chi connectivity index (χ1v) is 5.86. The van der Waals surface area contributed by atoms with Crippen LogP contribution in [0.25, 0.3) is 0 Å². The van der Waals surface area contributed by atoms with Gasteiger partial charge in [-0.15, -0.1) is 0 Å². The first-order valence-electron chi connectivity index (χ1n) is 5.86. The molecule has 0 fully saturated rings. The Morgan fingerprint density at radius 3 is 2.63 bits per heavy atom. The van der Waals surface area contributed by atoms with E-state index in [1.165, 1.54) is 13.2 Å². The van der Waals surface area contributed by atoms with Crippen molar-refractivity contribution in [1.82, 2.24) is 0 Å². The zero-order valence-electron chi connectivity index (χ0n) is 10.8. The molecule has 0 unspecified atom stereocenters. The van der Waals surface area contributed by atoms with Gasteiger partial charge in [-0.1, -0.05) is 12.1 Å². The topological polar surface area (TPSA) is 58.6 Å². The van der Waals surface area contributed by atoms with Crippen molar-refractivity contribution in [2.75, 3.05) is 12.4 Å². The van der Waals surface area contributed by atoms with E-state index < -0.39 is 0 Å². The molecule has 1 amide bonds. The zero-order valence-corrected chi connectivity index (χ0v) is 10.8. The Morgan fingerprint density at radius 1 is 1.21 bits per heavy atom. The molecule has 0 aliphatic carbocycles. The molecule has 0 heterocycles. The summed E-state index contributed by atoms with van der Waals surface area (Å²) in [5, 5.41) is 12.1. The maximum absolute atomic E-state index is 12.2. The van der Waals surface area contributed by atoms with Crippen LogP contribution in [0.1, 0.15) is 15.9 Å². The van der Waals surface area contributed by atoms with Gasteiger partial charge in [0.1, 0.15) is 11.5 Å². The number of carbonyl (C=O) groups is 1. The molecule has 0 radical (unpaired) electrons. The van der Waals surface area contributed by atoms with E-state index in [-0.39, 0.29) is 11.7 Å². The number of benzene rings is 2. The summed E-state index contributed by atoms with van der Waals surface area (Å²) in [4.78, 5) is 12.2. The van der Waals surface area contributed by atoms with Crippen molar-refractivity contribution < 1.29 is 14.6 Å². The van der Waals surface area contributed by atoms with Crippen molar-refractivity contribution in [3.63, 3.8) is 0 Å². The van der Waals surface area contributed by atoms with Gasteiger partial charge < -0.3 is 15.2 Å². The minimum atomic E-state index is -0.244. The third kappa shape index (κ3) is 2.85. The predicted molar refractivity (Wildman–Crippen MR) is 73.8 cm³/mol. The number of phenolic OH excluding ortho intramolecular Hbond substituents is 1. The van der Waals surface area contributed by atoms with Gasteiger partial charge in [-0.25, -0.2) is 0 Å². The molecule has 98 valence electrons. The Hall–Kier alpha value is -2.49. The number of methoxy groups -OCH3 is 1. The fourth-order valence-corrected chi connectivity index (χ4v) is 1.81. The van der Waals surface area contributed by atoms with Gasteiger partial charge in [-0.3, -0.25) is 4.79 Å². The van der Waals surface area contributed by atoms with Crippen LogP contribution in [-0.2, 0) is 0 Å². The Kier molecular flexibility index (Phi) is 3.71. The number of amides is 1. The van der Waals surface area contributed by atoms with Crippen LogP contribution in [0.4, 0.5) is 5.69 Å². The number of carbonyl (C=O) groups excluding carboxylic acids is 1. The number of anilines is 1. The molecule has 4 heteroatoms. The molecule has 0 spiro atoms. The highest BCUT2D eigenvalue weighted by Crippen LogP contribution is 2.23. The van der Waals surface area contributed by atoms with Gasteiger partial charge in [0.05, 0.1) is 12.7 Å². The lowest BCUT2D eigenvalue weighted by molar-refractivity contribution is 0.102. The van der Waals surface area contributed by atoms with E-state index in [9.17, 15) is 9.90 Å². The smallest absolute Gasteiger partial charge is 0.259 e. The average molecular weight is 257 g/mol. The van der Waals surface area contributed by atoms with Crippen molar-refractivity contribution in [3.05, 3.63) is 53.6 Å². The zero-order chi connectivity index (χ0) is 13.8. The Labute approximate surface area is 111 Å². The first-order chi connectivity index (χ1) is 9.11. The maximum atomic E-state index is 12.2. The van der Waals surface area contributed by atoms with E-state index in [2.05, 4.69) is 5.32 Å². The Balaban J connectivity index is 2.26. The summed E-state index contributed by atoms with van der Waals surface area (Å²) >= 11 is 0. The molecule has 0 saturated heterocycles. The number of hydrogen-bond donors (Lipinski definition) is 2. The van der Waals surface area contributed by atoms with Crippen LogP contribution in [0.5, 0.6) is 11.5 Å². The van der Waals surface area contributed by atoms with Gasteiger partial charge in [0.15, 0.2) is 0 Å². The lowest BCUT2D eigenvalue weighted by Crippen LogP contribution is -2.13. The quantitative estimate of drug-likeness (QED) is 0.831. The number of phenols is 1. The number of aromatic hydroxyl groups is 1. The van der Waals surface area contributed by atoms with E-state index in [1.807, 2.05) is 6.92 Å². The lowest BCUT2D eigenvalue weighted by atomic mass is 10.1. The van der Waals surface area contributed by atoms with Crippen molar-refractivity contribution in [1.29, 1.82) is 0 Å². The van der Waals surface area contributed by atoms with E-state index in [4.69, 9.17) is 4.74 Å². The third-order valence-corrected chi connectivity index (χ3v) is 2.81. The van der Waals surface area contributed by atoms with Crippen LogP contribution in [0.15, 0.2) is 42.5 Å². The standard InChI is InChI=1S/C15H15NO3/c1-10-9-11(17)7-8-13(10)16-15(18)12-5-3-4-6-14(12)19-2/h3-9,17H,1-2H3,(H,16,18). The van der Waals surface area contributed by atoms with Crippen LogP contribution in [0, 0.1) is 6.92 Å². The Bertz CT molecular complexity index is 608. The molecule has 19 heavy (non-hydrogen) atoms. The van der Waals surface area contributed by atoms with E-state index in [0.29, 0.717) is 17.0 Å². The summed E-state index contributed by atoms with van der Waals surface area (Å²) in [7, 11) is 1.53. The summed E-state index contributed by atoms with van der Waals surface area (Å²) in [6, 6.07) is 11.8.